The number of benzene rings is 1. The molecule has 1 aromatic carbocycles. The van der Waals surface area contributed by atoms with Crippen molar-refractivity contribution in [3.63, 3.8) is 0 Å². The van der Waals surface area contributed by atoms with E-state index in [-0.39, 0.29) is 37.8 Å². The van der Waals surface area contributed by atoms with E-state index in [1.54, 1.807) is 37.3 Å². The smallest absolute Gasteiger partial charge is 0.354 e. The molecule has 0 saturated carbocycles. The number of carbonyl (C=O) groups is 3. The Morgan fingerprint density at radius 3 is 2.89 bits per heavy atom. The van der Waals surface area contributed by atoms with Gasteiger partial charge in [-0.05, 0) is 19.1 Å². The standard InChI is InChI=1S/C20H19N3O5/c1-3-10-22-18(25)15-6-4-5-7-16(15)23-17(24)8-9-20(22,23)19(26)27-12-14-11-13(2)21-28-14/h3-7,11H,1,8-10,12H2,2H3/t20-/m0/s1. The molecule has 0 N–H and O–H groups in total. The molecule has 0 unspecified atom stereocenters. The number of fused-ring (bicyclic) bond motifs is 3. The third-order valence-corrected chi connectivity index (χ3v) is 5.03. The minimum Gasteiger partial charge on any atom is -0.454 e. The molecule has 3 heterocycles. The fourth-order valence-electron chi connectivity index (χ4n) is 3.87. The second kappa shape index (κ2) is 6.63. The summed E-state index contributed by atoms with van der Waals surface area (Å²) in [5, 5.41) is 3.76. The first-order valence-electron chi connectivity index (χ1n) is 8.93. The van der Waals surface area contributed by atoms with Crippen molar-refractivity contribution < 1.29 is 23.6 Å². The number of aromatic nitrogens is 1. The van der Waals surface area contributed by atoms with Gasteiger partial charge in [-0.25, -0.2) is 4.79 Å². The van der Waals surface area contributed by atoms with Crippen molar-refractivity contribution >= 4 is 23.5 Å². The lowest BCUT2D eigenvalue weighted by atomic mass is 9.96. The average molecular weight is 381 g/mol. The zero-order valence-electron chi connectivity index (χ0n) is 15.4. The number of anilines is 1. The van der Waals surface area contributed by atoms with E-state index < -0.39 is 11.6 Å². The molecule has 8 nitrogen and oxygen atoms in total. The minimum atomic E-state index is -1.54. The first-order valence-corrected chi connectivity index (χ1v) is 8.93. The molecule has 4 rings (SSSR count). The molecule has 2 aliphatic rings. The summed E-state index contributed by atoms with van der Waals surface area (Å²) in [4.78, 5) is 41.9. The van der Waals surface area contributed by atoms with Crippen LogP contribution in [0.15, 0.2) is 47.5 Å². The lowest BCUT2D eigenvalue weighted by Crippen LogP contribution is -2.68. The van der Waals surface area contributed by atoms with Gasteiger partial charge in [-0.2, -0.15) is 0 Å². The van der Waals surface area contributed by atoms with E-state index >= 15 is 0 Å². The van der Waals surface area contributed by atoms with Crippen molar-refractivity contribution in [1.29, 1.82) is 0 Å². The van der Waals surface area contributed by atoms with Gasteiger partial charge in [0, 0.05) is 25.5 Å². The highest BCUT2D eigenvalue weighted by Gasteiger charge is 2.61. The van der Waals surface area contributed by atoms with Crippen molar-refractivity contribution in [1.82, 2.24) is 10.1 Å². The van der Waals surface area contributed by atoms with Crippen molar-refractivity contribution in [2.24, 2.45) is 0 Å². The number of nitrogens with zero attached hydrogens (tertiary/aromatic N) is 3. The first kappa shape index (κ1) is 18.0. The Kier molecular flexibility index (Phi) is 4.26. The van der Waals surface area contributed by atoms with E-state index in [1.165, 1.54) is 15.9 Å². The van der Waals surface area contributed by atoms with E-state index in [9.17, 15) is 14.4 Å². The molecule has 2 aromatic rings. The Balaban J connectivity index is 1.76. The monoisotopic (exact) mass is 381 g/mol. The lowest BCUT2D eigenvalue weighted by Gasteiger charge is -2.47. The van der Waals surface area contributed by atoms with Crippen LogP contribution in [0.5, 0.6) is 0 Å². The number of amides is 2. The number of rotatable bonds is 5. The van der Waals surface area contributed by atoms with Crippen LogP contribution in [0.2, 0.25) is 0 Å². The van der Waals surface area contributed by atoms with Crippen LogP contribution in [0, 0.1) is 6.92 Å². The van der Waals surface area contributed by atoms with Gasteiger partial charge < -0.3 is 14.2 Å². The van der Waals surface area contributed by atoms with E-state index in [0.717, 1.165) is 0 Å². The van der Waals surface area contributed by atoms with Crippen LogP contribution < -0.4 is 4.90 Å². The topological polar surface area (TPSA) is 93.0 Å². The lowest BCUT2D eigenvalue weighted by molar-refractivity contribution is -0.159. The van der Waals surface area contributed by atoms with Gasteiger partial charge in [0.05, 0.1) is 16.9 Å². The predicted octanol–water partition coefficient (Wildman–Crippen LogP) is 2.19. The van der Waals surface area contributed by atoms with Crippen LogP contribution in [0.25, 0.3) is 0 Å². The molecule has 0 spiro atoms. The number of aryl methyl sites for hydroxylation is 1. The fraction of sp³-hybridized carbons (Fsp3) is 0.300. The molecule has 0 radical (unpaired) electrons. The quantitative estimate of drug-likeness (QED) is 0.582. The Morgan fingerprint density at radius 1 is 1.39 bits per heavy atom. The summed E-state index contributed by atoms with van der Waals surface area (Å²) in [6.45, 7) is 5.42. The van der Waals surface area contributed by atoms with Gasteiger partial charge in [-0.1, -0.05) is 23.4 Å². The van der Waals surface area contributed by atoms with Crippen molar-refractivity contribution in [3.8, 4) is 0 Å². The SMILES string of the molecule is C=CCN1C(=O)c2ccccc2N2C(=O)CC[C@]12C(=O)OCc1cc(C)no1. The van der Waals surface area contributed by atoms with Gasteiger partial charge in [0.1, 0.15) is 0 Å². The normalized spacial score (nSPS) is 20.8. The molecule has 144 valence electrons. The second-order valence-corrected chi connectivity index (χ2v) is 6.78. The summed E-state index contributed by atoms with van der Waals surface area (Å²) < 4.78 is 10.6. The Bertz CT molecular complexity index is 982. The number of esters is 1. The second-order valence-electron chi connectivity index (χ2n) is 6.78. The van der Waals surface area contributed by atoms with Crippen LogP contribution in [-0.4, -0.2) is 40.0 Å². The van der Waals surface area contributed by atoms with Crippen LogP contribution >= 0.6 is 0 Å². The van der Waals surface area contributed by atoms with E-state index in [2.05, 4.69) is 11.7 Å². The minimum absolute atomic E-state index is 0.105. The van der Waals surface area contributed by atoms with Gasteiger partial charge in [-0.3, -0.25) is 14.5 Å². The first-order chi connectivity index (χ1) is 13.5. The van der Waals surface area contributed by atoms with E-state index in [1.807, 2.05) is 0 Å². The van der Waals surface area contributed by atoms with E-state index in [0.29, 0.717) is 22.7 Å². The van der Waals surface area contributed by atoms with Crippen molar-refractivity contribution in [2.45, 2.75) is 32.0 Å². The Morgan fingerprint density at radius 2 is 2.18 bits per heavy atom. The summed E-state index contributed by atoms with van der Waals surface area (Å²) >= 11 is 0. The molecule has 0 bridgehead atoms. The van der Waals surface area contributed by atoms with Crippen LogP contribution in [0.1, 0.15) is 34.7 Å². The number of para-hydroxylation sites is 1. The predicted molar refractivity (Wildman–Crippen MR) is 98.2 cm³/mol. The van der Waals surface area contributed by atoms with Crippen molar-refractivity contribution in [3.05, 3.63) is 60.0 Å². The highest BCUT2D eigenvalue weighted by atomic mass is 16.6. The van der Waals surface area contributed by atoms with Gasteiger partial charge in [0.2, 0.25) is 11.6 Å². The van der Waals surface area contributed by atoms with Gasteiger partial charge >= 0.3 is 5.97 Å². The summed E-state index contributed by atoms with van der Waals surface area (Å²) in [5.41, 5.74) is -0.0835. The largest absolute Gasteiger partial charge is 0.454 e. The molecule has 1 saturated heterocycles. The van der Waals surface area contributed by atoms with Crippen LogP contribution in [0.3, 0.4) is 0 Å². The Hall–Kier alpha value is -3.42. The molecule has 1 aromatic heterocycles. The van der Waals surface area contributed by atoms with Crippen LogP contribution in [-0.2, 0) is 20.9 Å². The number of hydrogen-bond acceptors (Lipinski definition) is 6. The maximum atomic E-state index is 13.3. The molecule has 0 aliphatic carbocycles. The molecule has 2 amide bonds. The molecule has 1 fully saturated rings. The summed E-state index contributed by atoms with van der Waals surface area (Å²) in [6.07, 6.45) is 1.81. The van der Waals surface area contributed by atoms with Gasteiger partial charge in [0.25, 0.3) is 5.91 Å². The molecular formula is C20H19N3O5. The molecule has 1 atom stereocenters. The highest BCUT2D eigenvalue weighted by molar-refractivity contribution is 6.15. The summed E-state index contributed by atoms with van der Waals surface area (Å²) in [6, 6.07) is 8.43. The maximum Gasteiger partial charge on any atom is 0.354 e. The Labute approximate surface area is 161 Å². The van der Waals surface area contributed by atoms with Gasteiger partial charge in [0.15, 0.2) is 12.4 Å². The number of hydrogen-bond donors (Lipinski definition) is 0. The van der Waals surface area contributed by atoms with Crippen molar-refractivity contribution in [2.75, 3.05) is 11.4 Å². The summed E-state index contributed by atoms with van der Waals surface area (Å²) in [5.74, 6) is -0.872. The molecule has 28 heavy (non-hydrogen) atoms. The zero-order valence-corrected chi connectivity index (χ0v) is 15.4. The molecular weight excluding hydrogens is 362 g/mol. The third-order valence-electron chi connectivity index (χ3n) is 5.03. The number of carbonyl (C=O) groups excluding carboxylic acids is 3. The number of ether oxygens (including phenoxy) is 1. The van der Waals surface area contributed by atoms with E-state index in [4.69, 9.17) is 9.26 Å². The highest BCUT2D eigenvalue weighted by Crippen LogP contribution is 2.45. The van der Waals surface area contributed by atoms with Gasteiger partial charge in [-0.15, -0.1) is 6.58 Å². The fourth-order valence-corrected chi connectivity index (χ4v) is 3.87. The summed E-state index contributed by atoms with van der Waals surface area (Å²) in [7, 11) is 0. The zero-order chi connectivity index (χ0) is 19.9. The molecule has 2 aliphatic heterocycles. The third kappa shape index (κ3) is 2.52. The average Bonchev–Trinajstić information content (AvgIpc) is 3.27. The maximum absolute atomic E-state index is 13.3. The van der Waals surface area contributed by atoms with Crippen LogP contribution in [0.4, 0.5) is 5.69 Å². The molecule has 8 heteroatoms.